The van der Waals surface area contributed by atoms with E-state index < -0.39 is 21.6 Å². The van der Waals surface area contributed by atoms with Crippen molar-refractivity contribution in [1.82, 2.24) is 14.2 Å². The SMILES string of the molecule is CN(C)C(=O)C1CCCN1S(=O)(=O)c1c[nH]c(=O)c(Cl)c1. The summed E-state index contributed by atoms with van der Waals surface area (Å²) >= 11 is 5.67. The molecule has 1 fully saturated rings. The van der Waals surface area contributed by atoms with Gasteiger partial charge in [0.15, 0.2) is 0 Å². The van der Waals surface area contributed by atoms with Crippen LogP contribution in [-0.4, -0.2) is 55.2 Å². The third-order valence-electron chi connectivity index (χ3n) is 3.37. The Labute approximate surface area is 127 Å². The molecule has 0 aromatic carbocycles. The average Bonchev–Trinajstić information content (AvgIpc) is 2.90. The highest BCUT2D eigenvalue weighted by Crippen LogP contribution is 2.27. The lowest BCUT2D eigenvalue weighted by Gasteiger charge is -2.25. The largest absolute Gasteiger partial charge is 0.347 e. The van der Waals surface area contributed by atoms with Crippen LogP contribution in [0.2, 0.25) is 5.02 Å². The molecule has 2 rings (SSSR count). The van der Waals surface area contributed by atoms with Crippen molar-refractivity contribution >= 4 is 27.5 Å². The molecule has 0 saturated carbocycles. The molecule has 1 aromatic rings. The minimum atomic E-state index is -3.87. The van der Waals surface area contributed by atoms with Gasteiger partial charge in [0.05, 0.1) is 4.90 Å². The van der Waals surface area contributed by atoms with Gasteiger partial charge in [-0.25, -0.2) is 8.42 Å². The van der Waals surface area contributed by atoms with E-state index in [1.807, 2.05) is 0 Å². The van der Waals surface area contributed by atoms with Gasteiger partial charge in [0.1, 0.15) is 11.1 Å². The Balaban J connectivity index is 2.40. The summed E-state index contributed by atoms with van der Waals surface area (Å²) in [6, 6.07) is 0.390. The summed E-state index contributed by atoms with van der Waals surface area (Å²) in [5.41, 5.74) is -0.557. The number of hydrogen-bond acceptors (Lipinski definition) is 4. The van der Waals surface area contributed by atoms with E-state index >= 15 is 0 Å². The molecular weight excluding hydrogens is 318 g/mol. The lowest BCUT2D eigenvalue weighted by atomic mass is 10.2. The fraction of sp³-hybridized carbons (Fsp3) is 0.500. The number of carbonyl (C=O) groups is 1. The Hall–Kier alpha value is -1.38. The molecular formula is C12H16ClN3O4S. The second-order valence-corrected chi connectivity index (χ2v) is 7.32. The molecule has 1 aromatic heterocycles. The molecule has 116 valence electrons. The zero-order chi connectivity index (χ0) is 15.8. The number of rotatable bonds is 3. The molecule has 21 heavy (non-hydrogen) atoms. The Morgan fingerprint density at radius 2 is 2.14 bits per heavy atom. The number of carbonyl (C=O) groups excluding carboxylic acids is 1. The van der Waals surface area contributed by atoms with Gasteiger partial charge in [0, 0.05) is 26.8 Å². The number of H-pyrrole nitrogens is 1. The molecule has 1 aliphatic heterocycles. The highest BCUT2D eigenvalue weighted by atomic mass is 35.5. The topological polar surface area (TPSA) is 90.6 Å². The van der Waals surface area contributed by atoms with Gasteiger partial charge in [-0.05, 0) is 18.9 Å². The Bertz CT molecular complexity index is 713. The molecule has 0 bridgehead atoms. The maximum Gasteiger partial charge on any atom is 0.266 e. The first-order valence-electron chi connectivity index (χ1n) is 6.36. The maximum atomic E-state index is 12.6. The molecule has 0 spiro atoms. The molecule has 1 atom stereocenters. The van der Waals surface area contributed by atoms with E-state index in [4.69, 9.17) is 11.6 Å². The summed E-state index contributed by atoms with van der Waals surface area (Å²) in [6.07, 6.45) is 2.19. The predicted octanol–water partition coefficient (Wildman–Crippen LogP) is 0.270. The summed E-state index contributed by atoms with van der Waals surface area (Å²) in [5.74, 6) is -0.258. The first-order valence-corrected chi connectivity index (χ1v) is 8.18. The number of pyridine rings is 1. The van der Waals surface area contributed by atoms with E-state index in [1.165, 1.54) is 9.21 Å². The minimum Gasteiger partial charge on any atom is -0.347 e. The number of aromatic nitrogens is 1. The third kappa shape index (κ3) is 2.97. The molecule has 1 unspecified atom stereocenters. The number of aromatic amines is 1. The van der Waals surface area contributed by atoms with Gasteiger partial charge in [-0.1, -0.05) is 11.6 Å². The van der Waals surface area contributed by atoms with Crippen LogP contribution in [-0.2, 0) is 14.8 Å². The summed E-state index contributed by atoms with van der Waals surface area (Å²) in [4.78, 5) is 26.8. The van der Waals surface area contributed by atoms with Crippen LogP contribution in [0.5, 0.6) is 0 Å². The number of sulfonamides is 1. The van der Waals surface area contributed by atoms with E-state index in [2.05, 4.69) is 4.98 Å². The van der Waals surface area contributed by atoms with Crippen molar-refractivity contribution in [3.05, 3.63) is 27.6 Å². The summed E-state index contributed by atoms with van der Waals surface area (Å²) in [6.45, 7) is 0.267. The van der Waals surface area contributed by atoms with Crippen LogP contribution in [0.1, 0.15) is 12.8 Å². The van der Waals surface area contributed by atoms with Crippen molar-refractivity contribution in [3.63, 3.8) is 0 Å². The van der Waals surface area contributed by atoms with Crippen LogP contribution < -0.4 is 5.56 Å². The number of likely N-dealkylation sites (N-methyl/N-ethyl adjacent to an activating group) is 1. The zero-order valence-electron chi connectivity index (χ0n) is 11.7. The monoisotopic (exact) mass is 333 g/mol. The first-order chi connectivity index (χ1) is 9.75. The average molecular weight is 334 g/mol. The fourth-order valence-electron chi connectivity index (χ4n) is 2.29. The normalized spacial score (nSPS) is 19.7. The van der Waals surface area contributed by atoms with Crippen molar-refractivity contribution in [2.75, 3.05) is 20.6 Å². The van der Waals surface area contributed by atoms with Crippen LogP contribution in [0, 0.1) is 0 Å². The predicted molar refractivity (Wildman–Crippen MR) is 77.7 cm³/mol. The lowest BCUT2D eigenvalue weighted by Crippen LogP contribution is -2.45. The van der Waals surface area contributed by atoms with Gasteiger partial charge in [-0.2, -0.15) is 4.31 Å². The maximum absolute atomic E-state index is 12.6. The van der Waals surface area contributed by atoms with Crippen molar-refractivity contribution in [1.29, 1.82) is 0 Å². The van der Waals surface area contributed by atoms with Crippen LogP contribution >= 0.6 is 11.6 Å². The smallest absolute Gasteiger partial charge is 0.266 e. The van der Waals surface area contributed by atoms with E-state index in [9.17, 15) is 18.0 Å². The Kier molecular flexibility index (Phi) is 4.40. The molecule has 7 nitrogen and oxygen atoms in total. The number of nitrogens with zero attached hydrogens (tertiary/aromatic N) is 2. The number of nitrogens with one attached hydrogen (secondary N) is 1. The fourth-order valence-corrected chi connectivity index (χ4v) is 4.18. The minimum absolute atomic E-state index is 0.120. The molecule has 0 radical (unpaired) electrons. The molecule has 9 heteroatoms. The molecule has 2 heterocycles. The highest BCUT2D eigenvalue weighted by molar-refractivity contribution is 7.89. The summed E-state index contributed by atoms with van der Waals surface area (Å²) < 4.78 is 26.4. The second kappa shape index (κ2) is 5.78. The second-order valence-electron chi connectivity index (χ2n) is 5.02. The van der Waals surface area contributed by atoms with E-state index in [0.717, 1.165) is 12.3 Å². The quantitative estimate of drug-likeness (QED) is 0.859. The third-order valence-corrected chi connectivity index (χ3v) is 5.53. The van der Waals surface area contributed by atoms with E-state index in [1.54, 1.807) is 14.1 Å². The number of hydrogen-bond donors (Lipinski definition) is 1. The molecule has 1 N–H and O–H groups in total. The lowest BCUT2D eigenvalue weighted by molar-refractivity contribution is -0.132. The van der Waals surface area contributed by atoms with E-state index in [0.29, 0.717) is 12.8 Å². The standard InChI is InChI=1S/C12H16ClN3O4S/c1-15(2)12(18)10-4-3-5-16(10)21(19,20)8-6-9(13)11(17)14-7-8/h6-7,10H,3-5H2,1-2H3,(H,14,17). The Morgan fingerprint density at radius 1 is 1.48 bits per heavy atom. The van der Waals surface area contributed by atoms with Gasteiger partial charge in [0.25, 0.3) is 5.56 Å². The molecule has 1 saturated heterocycles. The Morgan fingerprint density at radius 3 is 2.71 bits per heavy atom. The first kappa shape index (κ1) is 16.0. The summed E-state index contributed by atoms with van der Waals surface area (Å²) in [5, 5.41) is -0.203. The molecule has 0 aliphatic carbocycles. The van der Waals surface area contributed by atoms with Crippen molar-refractivity contribution in [2.24, 2.45) is 0 Å². The van der Waals surface area contributed by atoms with Crippen molar-refractivity contribution in [2.45, 2.75) is 23.8 Å². The van der Waals surface area contributed by atoms with Gasteiger partial charge in [-0.3, -0.25) is 9.59 Å². The van der Waals surface area contributed by atoms with Gasteiger partial charge in [0.2, 0.25) is 15.9 Å². The van der Waals surface area contributed by atoms with Crippen molar-refractivity contribution in [3.8, 4) is 0 Å². The van der Waals surface area contributed by atoms with Crippen molar-refractivity contribution < 1.29 is 13.2 Å². The summed E-state index contributed by atoms with van der Waals surface area (Å²) in [7, 11) is -0.703. The molecule has 1 amide bonds. The van der Waals surface area contributed by atoms with Crippen LogP contribution in [0.3, 0.4) is 0 Å². The number of amides is 1. The van der Waals surface area contributed by atoms with E-state index in [-0.39, 0.29) is 22.4 Å². The highest BCUT2D eigenvalue weighted by Gasteiger charge is 2.40. The van der Waals surface area contributed by atoms with Crippen LogP contribution in [0.4, 0.5) is 0 Å². The van der Waals surface area contributed by atoms with Crippen LogP contribution in [0.15, 0.2) is 22.0 Å². The zero-order valence-corrected chi connectivity index (χ0v) is 13.2. The van der Waals surface area contributed by atoms with Gasteiger partial charge < -0.3 is 9.88 Å². The van der Waals surface area contributed by atoms with Crippen LogP contribution in [0.25, 0.3) is 0 Å². The van der Waals surface area contributed by atoms with Gasteiger partial charge in [-0.15, -0.1) is 0 Å². The van der Waals surface area contributed by atoms with Gasteiger partial charge >= 0.3 is 0 Å². The molecule has 1 aliphatic rings. The number of halogens is 1.